The number of carbonyl (C=O) groups is 3. The van der Waals surface area contributed by atoms with E-state index >= 15 is 0 Å². The van der Waals surface area contributed by atoms with E-state index in [1.54, 1.807) is 25.3 Å². The van der Waals surface area contributed by atoms with Crippen molar-refractivity contribution in [2.45, 2.75) is 130 Å². The van der Waals surface area contributed by atoms with Crippen LogP contribution in [0.1, 0.15) is 80.2 Å². The van der Waals surface area contributed by atoms with Gasteiger partial charge in [0.15, 0.2) is 0 Å². The number of rotatable bonds is 21. The van der Waals surface area contributed by atoms with Crippen molar-refractivity contribution in [3.05, 3.63) is 66.9 Å². The minimum absolute atomic E-state index is 0.0163. The van der Waals surface area contributed by atoms with Crippen molar-refractivity contribution in [3.63, 3.8) is 0 Å². The molecule has 11 nitrogen and oxygen atoms in total. The molecule has 0 radical (unpaired) electrons. The van der Waals surface area contributed by atoms with Gasteiger partial charge in [-0.2, -0.15) is 0 Å². The molecule has 1 saturated heterocycles. The average molecular weight is 770 g/mol. The van der Waals surface area contributed by atoms with E-state index in [0.717, 1.165) is 11.3 Å². The molecule has 7 atom stereocenters. The van der Waals surface area contributed by atoms with E-state index in [2.05, 4.69) is 68.4 Å². The van der Waals surface area contributed by atoms with Crippen LogP contribution in [0.25, 0.3) is 0 Å². The maximum atomic E-state index is 14.5. The highest BCUT2D eigenvalue weighted by molar-refractivity contribution is 6.74. The Morgan fingerprint density at radius 3 is 2.35 bits per heavy atom. The Hall–Kier alpha value is -3.45. The van der Waals surface area contributed by atoms with Gasteiger partial charge in [0, 0.05) is 45.3 Å². The van der Waals surface area contributed by atoms with Crippen molar-refractivity contribution in [3.8, 4) is 5.75 Å². The number of hydrogen-bond acceptors (Lipinski definition) is 8. The smallest absolute Gasteiger partial charge is 0.259 e. The van der Waals surface area contributed by atoms with E-state index in [1.165, 1.54) is 0 Å². The van der Waals surface area contributed by atoms with E-state index in [-0.39, 0.29) is 40.7 Å². The van der Waals surface area contributed by atoms with Crippen LogP contribution in [-0.2, 0) is 30.3 Å². The Kier molecular flexibility index (Phi) is 18.7. The molecule has 1 aromatic carbocycles. The summed E-state index contributed by atoms with van der Waals surface area (Å²) in [5.41, 5.74) is 4.61. The minimum Gasteiger partial charge on any atom is -0.543 e. The lowest BCUT2D eigenvalue weighted by atomic mass is 9.87. The lowest BCUT2D eigenvalue weighted by Gasteiger charge is -2.37. The van der Waals surface area contributed by atoms with Crippen LogP contribution in [-0.4, -0.2) is 88.7 Å². The number of nitrogens with one attached hydrogen (secondary N) is 4. The molecule has 1 aliphatic heterocycles. The normalized spacial score (nSPS) is 18.6. The fourth-order valence-electron chi connectivity index (χ4n) is 6.49. The molecule has 4 N–H and O–H groups in total. The molecule has 1 aromatic rings. The Bertz CT molecular complexity index is 1430. The van der Waals surface area contributed by atoms with Gasteiger partial charge in [0.1, 0.15) is 17.8 Å². The van der Waals surface area contributed by atoms with Crippen LogP contribution in [0.15, 0.2) is 61.3 Å². The quantitative estimate of drug-likeness (QED) is 0.0653. The van der Waals surface area contributed by atoms with Crippen molar-refractivity contribution >= 4 is 26.0 Å². The molecule has 0 spiro atoms. The summed E-state index contributed by atoms with van der Waals surface area (Å²) in [6, 6.07) is 6.10. The molecule has 0 unspecified atom stereocenters. The first-order chi connectivity index (χ1) is 25.3. The maximum Gasteiger partial charge on any atom is 0.259 e. The predicted molar refractivity (Wildman–Crippen MR) is 221 cm³/mol. The van der Waals surface area contributed by atoms with Crippen molar-refractivity contribution in [1.82, 2.24) is 26.4 Å². The lowest BCUT2D eigenvalue weighted by Crippen LogP contribution is -2.61. The van der Waals surface area contributed by atoms with Gasteiger partial charge in [-0.1, -0.05) is 85.4 Å². The average Bonchev–Trinajstić information content (AvgIpc) is 3.11. The third-order valence-corrected chi connectivity index (χ3v) is 15.2. The second-order valence-electron chi connectivity index (χ2n) is 16.4. The summed E-state index contributed by atoms with van der Waals surface area (Å²) < 4.78 is 18.2. The van der Waals surface area contributed by atoms with Crippen molar-refractivity contribution in [1.29, 1.82) is 0 Å². The summed E-state index contributed by atoms with van der Waals surface area (Å²) in [5, 5.41) is 11.1. The van der Waals surface area contributed by atoms with Crippen LogP contribution in [0.2, 0.25) is 18.1 Å². The topological polar surface area (TPSA) is 130 Å². The second-order valence-corrected chi connectivity index (χ2v) is 21.1. The van der Waals surface area contributed by atoms with Crippen LogP contribution in [0, 0.1) is 17.8 Å². The molecule has 1 heterocycles. The lowest BCUT2D eigenvalue weighted by molar-refractivity contribution is -0.141. The van der Waals surface area contributed by atoms with E-state index in [0.29, 0.717) is 44.5 Å². The number of hydrazine groups is 1. The molecule has 0 aromatic heterocycles. The molecule has 1 fully saturated rings. The van der Waals surface area contributed by atoms with E-state index < -0.39 is 38.5 Å². The Balaban J connectivity index is 2.40. The summed E-state index contributed by atoms with van der Waals surface area (Å²) in [6.45, 7) is 29.9. The number of nitrogens with zero attached hydrogens (tertiary/aromatic N) is 1. The van der Waals surface area contributed by atoms with Gasteiger partial charge in [0.2, 0.25) is 20.1 Å². The Morgan fingerprint density at radius 1 is 1.09 bits per heavy atom. The number of allylic oxidation sites excluding steroid dienone is 1. The fourth-order valence-corrected chi connectivity index (χ4v) is 7.51. The van der Waals surface area contributed by atoms with Gasteiger partial charge in [-0.3, -0.25) is 19.4 Å². The molecule has 2 rings (SSSR count). The van der Waals surface area contributed by atoms with Gasteiger partial charge in [0.25, 0.3) is 5.91 Å². The molecule has 1 aliphatic rings. The van der Waals surface area contributed by atoms with Crippen LogP contribution in [0.5, 0.6) is 5.75 Å². The molecule has 54 heavy (non-hydrogen) atoms. The van der Waals surface area contributed by atoms with Gasteiger partial charge >= 0.3 is 0 Å². The number of benzene rings is 1. The number of carbonyl (C=O) groups excluding carboxylic acids is 3. The number of ether oxygens (including phenoxy) is 2. The van der Waals surface area contributed by atoms with Crippen LogP contribution in [0.3, 0.4) is 0 Å². The summed E-state index contributed by atoms with van der Waals surface area (Å²) in [5.74, 6) is -0.448. The van der Waals surface area contributed by atoms with Gasteiger partial charge in [0.05, 0.1) is 24.2 Å². The zero-order valence-electron chi connectivity index (χ0n) is 35.2. The van der Waals surface area contributed by atoms with Crippen LogP contribution >= 0.6 is 0 Å². The SMILES string of the molecule is C=CCCNC(=O)[C@@H]1CCCN(C(=O)[C@H](Cc2cccc(O[Si](C)(C)C(C)(C)C)c2)NC(=C)[C@@H](NC(=O)[C@H](C)[C@H](OC)[C@@H](C)[C@H](/C=C/C)OC)C(C)C)N1. The minimum atomic E-state index is -2.12. The second kappa shape index (κ2) is 21.6. The maximum absolute atomic E-state index is 14.5. The highest BCUT2D eigenvalue weighted by Gasteiger charge is 2.39. The number of amides is 3. The molecule has 304 valence electrons. The molecular weight excluding hydrogens is 699 g/mol. The van der Waals surface area contributed by atoms with Crippen LogP contribution in [0.4, 0.5) is 0 Å². The number of methoxy groups -OCH3 is 2. The highest BCUT2D eigenvalue weighted by Crippen LogP contribution is 2.37. The standard InChI is InChI=1S/C42H71N5O6Si/c1-15-17-24-43-40(49)34-23-19-25-47(46-34)41(50)35(27-32-21-18-22-33(26-32)53-54(13,14)42(8,9)10)44-31(7)37(28(3)4)45-39(48)30(6)38(52-12)29(5)36(51-11)20-16-2/h15-16,18,20-22,26,28-30,34-38,44,46H,1,7,17,19,23-25,27H2,2-6,8-14H3,(H,43,49)(H,45,48)/b20-16+/t29-,30+,34-,35-,36-,37-,38+/m0/s1. The molecule has 12 heteroatoms. The summed E-state index contributed by atoms with van der Waals surface area (Å²) in [4.78, 5) is 41.3. The first-order valence-corrected chi connectivity index (χ1v) is 22.4. The summed E-state index contributed by atoms with van der Waals surface area (Å²) in [7, 11) is 1.15. The van der Waals surface area contributed by atoms with Gasteiger partial charge in [-0.15, -0.1) is 6.58 Å². The molecule has 0 saturated carbocycles. The number of hydrogen-bond donors (Lipinski definition) is 4. The van der Waals surface area contributed by atoms with Crippen LogP contribution < -0.4 is 25.8 Å². The Morgan fingerprint density at radius 2 is 1.78 bits per heavy atom. The first-order valence-electron chi connectivity index (χ1n) is 19.5. The summed E-state index contributed by atoms with van der Waals surface area (Å²) >= 11 is 0. The van der Waals surface area contributed by atoms with Gasteiger partial charge < -0.3 is 29.9 Å². The zero-order chi connectivity index (χ0) is 40.8. The largest absolute Gasteiger partial charge is 0.543 e. The zero-order valence-corrected chi connectivity index (χ0v) is 36.2. The third kappa shape index (κ3) is 13.4. The monoisotopic (exact) mass is 770 g/mol. The summed E-state index contributed by atoms with van der Waals surface area (Å²) in [6.07, 6.45) is 7.28. The van der Waals surface area contributed by atoms with Crippen molar-refractivity contribution in [2.24, 2.45) is 17.8 Å². The predicted octanol–water partition coefficient (Wildman–Crippen LogP) is 6.29. The third-order valence-electron chi connectivity index (χ3n) is 10.8. The molecule has 0 aliphatic carbocycles. The van der Waals surface area contributed by atoms with E-state index in [1.807, 2.05) is 71.0 Å². The Labute approximate surface area is 327 Å². The fraction of sp³-hybridized carbons (Fsp3) is 0.643. The van der Waals surface area contributed by atoms with E-state index in [9.17, 15) is 14.4 Å². The molecule has 0 bridgehead atoms. The first kappa shape index (κ1) is 46.7. The molecule has 3 amide bonds. The highest BCUT2D eigenvalue weighted by atomic mass is 28.4. The van der Waals surface area contributed by atoms with E-state index in [4.69, 9.17) is 13.9 Å². The van der Waals surface area contributed by atoms with Gasteiger partial charge in [-0.05, 0) is 67.9 Å². The molecular formula is C42H71N5O6Si. The van der Waals surface area contributed by atoms with Crippen molar-refractivity contribution in [2.75, 3.05) is 27.3 Å². The van der Waals surface area contributed by atoms with Gasteiger partial charge in [-0.25, -0.2) is 5.43 Å². The van der Waals surface area contributed by atoms with Crippen molar-refractivity contribution < 1.29 is 28.3 Å².